The summed E-state index contributed by atoms with van der Waals surface area (Å²) in [6.45, 7) is 0.650. The number of ether oxygens (including phenoxy) is 1. The minimum atomic E-state index is -3.43. The predicted molar refractivity (Wildman–Crippen MR) is 91.3 cm³/mol. The van der Waals surface area contributed by atoms with Crippen LogP contribution in [0.5, 0.6) is 0 Å². The first-order chi connectivity index (χ1) is 11.5. The third-order valence-corrected chi connectivity index (χ3v) is 5.87. The van der Waals surface area contributed by atoms with Crippen molar-refractivity contribution in [3.63, 3.8) is 0 Å². The molecule has 2 heterocycles. The lowest BCUT2D eigenvalue weighted by Crippen LogP contribution is -2.23. The molecule has 2 aromatic rings. The molecule has 0 saturated carbocycles. The van der Waals surface area contributed by atoms with Gasteiger partial charge in [-0.25, -0.2) is 8.42 Å². The average Bonchev–Trinajstić information content (AvgIpc) is 2.71. The van der Waals surface area contributed by atoms with Crippen molar-refractivity contribution >= 4 is 31.7 Å². The SMILES string of the molecule is O=C(NCc1cc(Br)ccn1)c1ccc2c(c1)S(=O)(=O)CCOC2. The highest BCUT2D eigenvalue weighted by atomic mass is 79.9. The summed E-state index contributed by atoms with van der Waals surface area (Å²) in [6, 6.07) is 8.25. The number of benzene rings is 1. The van der Waals surface area contributed by atoms with E-state index in [1.54, 1.807) is 30.5 Å². The molecule has 1 N–H and O–H groups in total. The zero-order valence-corrected chi connectivity index (χ0v) is 15.1. The predicted octanol–water partition coefficient (Wildman–Crippen LogP) is 2.08. The van der Waals surface area contributed by atoms with E-state index < -0.39 is 9.84 Å². The van der Waals surface area contributed by atoms with Gasteiger partial charge in [-0.1, -0.05) is 22.0 Å². The van der Waals surface area contributed by atoms with E-state index in [1.807, 2.05) is 0 Å². The van der Waals surface area contributed by atoms with E-state index in [1.165, 1.54) is 6.07 Å². The van der Waals surface area contributed by atoms with Crippen LogP contribution in [-0.4, -0.2) is 31.7 Å². The van der Waals surface area contributed by atoms with Crippen molar-refractivity contribution in [1.29, 1.82) is 0 Å². The summed E-state index contributed by atoms with van der Waals surface area (Å²) in [7, 11) is -3.43. The molecule has 3 rings (SSSR count). The van der Waals surface area contributed by atoms with Crippen LogP contribution in [0.25, 0.3) is 0 Å². The molecule has 24 heavy (non-hydrogen) atoms. The number of nitrogens with one attached hydrogen (secondary N) is 1. The van der Waals surface area contributed by atoms with Gasteiger partial charge in [-0.3, -0.25) is 9.78 Å². The first kappa shape index (κ1) is 17.1. The van der Waals surface area contributed by atoms with E-state index >= 15 is 0 Å². The second-order valence-electron chi connectivity index (χ2n) is 5.34. The largest absolute Gasteiger partial charge is 0.376 e. The van der Waals surface area contributed by atoms with Gasteiger partial charge in [0.1, 0.15) is 0 Å². The Morgan fingerprint density at radius 3 is 2.92 bits per heavy atom. The van der Waals surface area contributed by atoms with Crippen LogP contribution in [0.1, 0.15) is 21.6 Å². The molecule has 0 atom stereocenters. The van der Waals surface area contributed by atoms with Crippen LogP contribution in [0.3, 0.4) is 0 Å². The minimum Gasteiger partial charge on any atom is -0.376 e. The maximum Gasteiger partial charge on any atom is 0.251 e. The lowest BCUT2D eigenvalue weighted by atomic mass is 10.1. The van der Waals surface area contributed by atoms with Gasteiger partial charge in [0.15, 0.2) is 9.84 Å². The Morgan fingerprint density at radius 2 is 2.12 bits per heavy atom. The van der Waals surface area contributed by atoms with Gasteiger partial charge in [0.2, 0.25) is 0 Å². The minimum absolute atomic E-state index is 0.0764. The second kappa shape index (κ2) is 7.00. The summed E-state index contributed by atoms with van der Waals surface area (Å²) in [4.78, 5) is 16.6. The molecule has 0 saturated heterocycles. The molecule has 1 aliphatic heterocycles. The summed E-state index contributed by atoms with van der Waals surface area (Å²) in [5, 5.41) is 2.74. The topological polar surface area (TPSA) is 85.4 Å². The van der Waals surface area contributed by atoms with Crippen molar-refractivity contribution in [1.82, 2.24) is 10.3 Å². The molecule has 0 bridgehead atoms. The second-order valence-corrected chi connectivity index (χ2v) is 8.34. The first-order valence-electron chi connectivity index (χ1n) is 7.28. The maximum atomic E-state index is 12.3. The van der Waals surface area contributed by atoms with E-state index in [0.717, 1.165) is 4.47 Å². The van der Waals surface area contributed by atoms with Crippen molar-refractivity contribution in [2.75, 3.05) is 12.4 Å². The smallest absolute Gasteiger partial charge is 0.251 e. The van der Waals surface area contributed by atoms with Crippen molar-refractivity contribution in [2.45, 2.75) is 18.0 Å². The van der Waals surface area contributed by atoms with Crippen molar-refractivity contribution in [3.8, 4) is 0 Å². The van der Waals surface area contributed by atoms with E-state index in [0.29, 0.717) is 16.8 Å². The Kier molecular flexibility index (Phi) is 4.98. The van der Waals surface area contributed by atoms with E-state index in [9.17, 15) is 13.2 Å². The number of fused-ring (bicyclic) bond motifs is 1. The molecule has 6 nitrogen and oxygen atoms in total. The van der Waals surface area contributed by atoms with E-state index in [2.05, 4.69) is 26.2 Å². The van der Waals surface area contributed by atoms with Crippen molar-refractivity contribution in [3.05, 3.63) is 57.8 Å². The Labute approximate surface area is 148 Å². The van der Waals surface area contributed by atoms with Crippen molar-refractivity contribution in [2.24, 2.45) is 0 Å². The number of hydrogen-bond donors (Lipinski definition) is 1. The zero-order valence-electron chi connectivity index (χ0n) is 12.7. The fourth-order valence-corrected chi connectivity index (χ4v) is 4.16. The van der Waals surface area contributed by atoms with Crippen LogP contribution in [0.2, 0.25) is 0 Å². The fraction of sp³-hybridized carbons (Fsp3) is 0.250. The third-order valence-electron chi connectivity index (χ3n) is 3.63. The molecular formula is C16H15BrN2O4S. The zero-order chi connectivity index (χ0) is 17.2. The molecule has 1 aliphatic rings. The number of carbonyl (C=O) groups excluding carboxylic acids is 1. The van der Waals surface area contributed by atoms with Crippen LogP contribution < -0.4 is 5.32 Å². The van der Waals surface area contributed by atoms with Gasteiger partial charge in [-0.15, -0.1) is 0 Å². The van der Waals surface area contributed by atoms with Crippen molar-refractivity contribution < 1.29 is 17.9 Å². The number of amides is 1. The van der Waals surface area contributed by atoms with Gasteiger partial charge >= 0.3 is 0 Å². The lowest BCUT2D eigenvalue weighted by molar-refractivity contribution is 0.0950. The quantitative estimate of drug-likeness (QED) is 0.836. The molecule has 0 spiro atoms. The fourth-order valence-electron chi connectivity index (χ4n) is 2.38. The number of halogens is 1. The van der Waals surface area contributed by atoms with Crippen LogP contribution in [0, 0.1) is 0 Å². The third kappa shape index (κ3) is 3.82. The highest BCUT2D eigenvalue weighted by Gasteiger charge is 2.23. The number of sulfone groups is 1. The molecule has 126 valence electrons. The maximum absolute atomic E-state index is 12.3. The molecule has 1 amide bonds. The number of aromatic nitrogens is 1. The number of hydrogen-bond acceptors (Lipinski definition) is 5. The van der Waals surface area contributed by atoms with Crippen LogP contribution in [0.4, 0.5) is 0 Å². The average molecular weight is 411 g/mol. The van der Waals surface area contributed by atoms with Gasteiger partial charge in [0.25, 0.3) is 5.91 Å². The summed E-state index contributed by atoms with van der Waals surface area (Å²) in [5.74, 6) is -0.424. The highest BCUT2D eigenvalue weighted by Crippen LogP contribution is 2.23. The molecule has 0 fully saturated rings. The highest BCUT2D eigenvalue weighted by molar-refractivity contribution is 9.10. The van der Waals surface area contributed by atoms with Crippen LogP contribution in [0.15, 0.2) is 45.9 Å². The number of nitrogens with zero attached hydrogens (tertiary/aromatic N) is 1. The van der Waals surface area contributed by atoms with Crippen LogP contribution >= 0.6 is 15.9 Å². The normalized spacial score (nSPS) is 16.0. The number of carbonyl (C=O) groups is 1. The molecular weight excluding hydrogens is 396 g/mol. The lowest BCUT2D eigenvalue weighted by Gasteiger charge is -2.09. The van der Waals surface area contributed by atoms with E-state index in [4.69, 9.17) is 4.74 Å². The first-order valence-corrected chi connectivity index (χ1v) is 9.72. The van der Waals surface area contributed by atoms with Gasteiger partial charge < -0.3 is 10.1 Å². The Balaban J connectivity index is 1.80. The van der Waals surface area contributed by atoms with Crippen LogP contribution in [-0.2, 0) is 27.7 Å². The molecule has 1 aromatic heterocycles. The molecule has 0 radical (unpaired) electrons. The van der Waals surface area contributed by atoms with E-state index in [-0.39, 0.29) is 36.3 Å². The summed E-state index contributed by atoms with van der Waals surface area (Å²) >= 11 is 3.34. The summed E-state index contributed by atoms with van der Waals surface area (Å²) < 4.78 is 30.7. The number of rotatable bonds is 3. The summed E-state index contributed by atoms with van der Waals surface area (Å²) in [5.41, 5.74) is 1.58. The number of pyridine rings is 1. The van der Waals surface area contributed by atoms with Gasteiger partial charge in [0.05, 0.1) is 36.1 Å². The Hall–Kier alpha value is -1.77. The standard InChI is InChI=1S/C16H15BrN2O4S/c17-13-3-4-18-14(8-13)9-19-16(20)11-1-2-12-10-23-5-6-24(21,22)15(12)7-11/h1-4,7-8H,5-6,9-10H2,(H,19,20). The Bertz CT molecular complexity index is 883. The molecule has 0 unspecified atom stereocenters. The monoisotopic (exact) mass is 410 g/mol. The summed E-state index contributed by atoms with van der Waals surface area (Å²) in [6.07, 6.45) is 1.64. The molecule has 8 heteroatoms. The van der Waals surface area contributed by atoms with Gasteiger partial charge in [-0.2, -0.15) is 0 Å². The van der Waals surface area contributed by atoms with Gasteiger partial charge in [0, 0.05) is 16.2 Å². The molecule has 1 aromatic carbocycles. The molecule has 0 aliphatic carbocycles. The Morgan fingerprint density at radius 1 is 1.29 bits per heavy atom. The van der Waals surface area contributed by atoms with Gasteiger partial charge in [-0.05, 0) is 29.8 Å².